The smallest absolute Gasteiger partial charge is 0.321 e. The minimum absolute atomic E-state index is 0.354. The summed E-state index contributed by atoms with van der Waals surface area (Å²) in [7, 11) is 0. The molecule has 2 rings (SSSR count). The van der Waals surface area contributed by atoms with E-state index in [0.717, 1.165) is 16.6 Å². The second-order valence-corrected chi connectivity index (χ2v) is 4.20. The molecule has 0 saturated heterocycles. The molecular formula is C12H11BrN2O. The van der Waals surface area contributed by atoms with Crippen LogP contribution in [-0.2, 0) is 6.42 Å². The molecular weight excluding hydrogens is 268 g/mol. The molecule has 0 aliphatic heterocycles. The topological polar surface area (TPSA) is 35.0 Å². The van der Waals surface area contributed by atoms with Gasteiger partial charge in [0.15, 0.2) is 0 Å². The van der Waals surface area contributed by atoms with Gasteiger partial charge >= 0.3 is 6.01 Å². The van der Waals surface area contributed by atoms with E-state index >= 15 is 0 Å². The number of ether oxygens (including phenoxy) is 1. The lowest BCUT2D eigenvalue weighted by molar-refractivity contribution is 0.441. The number of halogens is 1. The van der Waals surface area contributed by atoms with Crippen molar-refractivity contribution in [1.29, 1.82) is 0 Å². The molecule has 0 aliphatic rings. The van der Waals surface area contributed by atoms with E-state index in [1.165, 1.54) is 5.56 Å². The first-order chi connectivity index (χ1) is 7.78. The van der Waals surface area contributed by atoms with Gasteiger partial charge in [-0.05, 0) is 40.0 Å². The summed E-state index contributed by atoms with van der Waals surface area (Å²) in [6.45, 7) is 2.12. The fraction of sp³-hybridized carbons (Fsp3) is 0.167. The predicted octanol–water partition coefficient (Wildman–Crippen LogP) is 3.59. The monoisotopic (exact) mass is 278 g/mol. The summed E-state index contributed by atoms with van der Waals surface area (Å²) in [6.07, 6.45) is 4.33. The van der Waals surface area contributed by atoms with Gasteiger partial charge in [-0.25, -0.2) is 9.97 Å². The maximum absolute atomic E-state index is 5.49. The van der Waals surface area contributed by atoms with Crippen molar-refractivity contribution in [2.45, 2.75) is 13.3 Å². The standard InChI is InChI=1S/C12H11BrN2O/c1-2-9-3-5-11(6-4-9)16-12-14-7-10(13)8-15-12/h3-8H,2H2,1H3. The minimum Gasteiger partial charge on any atom is -0.424 e. The van der Waals surface area contributed by atoms with E-state index in [0.29, 0.717) is 6.01 Å². The maximum atomic E-state index is 5.49. The predicted molar refractivity (Wildman–Crippen MR) is 65.6 cm³/mol. The van der Waals surface area contributed by atoms with Crippen LogP contribution in [0.5, 0.6) is 11.8 Å². The summed E-state index contributed by atoms with van der Waals surface area (Å²) in [4.78, 5) is 8.07. The Hall–Kier alpha value is -1.42. The molecule has 4 heteroatoms. The zero-order valence-electron chi connectivity index (χ0n) is 8.85. The third kappa shape index (κ3) is 2.79. The summed E-state index contributed by atoms with van der Waals surface area (Å²) in [5.41, 5.74) is 1.28. The summed E-state index contributed by atoms with van der Waals surface area (Å²) < 4.78 is 6.32. The van der Waals surface area contributed by atoms with Gasteiger partial charge in [0, 0.05) is 12.4 Å². The molecule has 82 valence electrons. The molecule has 1 aromatic heterocycles. The molecule has 1 aromatic carbocycles. The maximum Gasteiger partial charge on any atom is 0.321 e. The Bertz CT molecular complexity index is 453. The quantitative estimate of drug-likeness (QED) is 0.861. The van der Waals surface area contributed by atoms with Crippen LogP contribution in [0.1, 0.15) is 12.5 Å². The van der Waals surface area contributed by atoms with Crippen molar-refractivity contribution in [3.63, 3.8) is 0 Å². The molecule has 0 spiro atoms. The second kappa shape index (κ2) is 5.07. The van der Waals surface area contributed by atoms with Crippen molar-refractivity contribution in [2.75, 3.05) is 0 Å². The number of nitrogens with zero attached hydrogens (tertiary/aromatic N) is 2. The van der Waals surface area contributed by atoms with Crippen LogP contribution >= 0.6 is 15.9 Å². The normalized spacial score (nSPS) is 10.1. The number of aromatic nitrogens is 2. The van der Waals surface area contributed by atoms with Crippen LogP contribution in [0.3, 0.4) is 0 Å². The zero-order chi connectivity index (χ0) is 11.4. The van der Waals surface area contributed by atoms with Gasteiger partial charge in [0.25, 0.3) is 0 Å². The Morgan fingerprint density at radius 3 is 2.31 bits per heavy atom. The van der Waals surface area contributed by atoms with Crippen molar-refractivity contribution in [2.24, 2.45) is 0 Å². The van der Waals surface area contributed by atoms with Crippen molar-refractivity contribution < 1.29 is 4.74 Å². The molecule has 0 N–H and O–H groups in total. The SMILES string of the molecule is CCc1ccc(Oc2ncc(Br)cn2)cc1. The van der Waals surface area contributed by atoms with Gasteiger partial charge in [-0.3, -0.25) is 0 Å². The number of benzene rings is 1. The minimum atomic E-state index is 0.354. The van der Waals surface area contributed by atoms with Crippen LogP contribution in [0.15, 0.2) is 41.1 Å². The fourth-order valence-corrected chi connectivity index (χ4v) is 1.46. The molecule has 16 heavy (non-hydrogen) atoms. The van der Waals surface area contributed by atoms with Gasteiger partial charge < -0.3 is 4.74 Å². The Kier molecular flexibility index (Phi) is 3.51. The van der Waals surface area contributed by atoms with Crippen LogP contribution in [-0.4, -0.2) is 9.97 Å². The highest BCUT2D eigenvalue weighted by Crippen LogP contribution is 2.18. The van der Waals surface area contributed by atoms with Gasteiger partial charge in [0.2, 0.25) is 0 Å². The van der Waals surface area contributed by atoms with Gasteiger partial charge in [0.05, 0.1) is 4.47 Å². The van der Waals surface area contributed by atoms with Crippen LogP contribution in [0, 0.1) is 0 Å². The Balaban J connectivity index is 2.11. The highest BCUT2D eigenvalue weighted by molar-refractivity contribution is 9.10. The number of hydrogen-bond donors (Lipinski definition) is 0. The van der Waals surface area contributed by atoms with Gasteiger partial charge in [0.1, 0.15) is 5.75 Å². The summed E-state index contributed by atoms with van der Waals surface area (Å²) >= 11 is 3.27. The van der Waals surface area contributed by atoms with Gasteiger partial charge in [-0.1, -0.05) is 19.1 Å². The Morgan fingerprint density at radius 2 is 1.75 bits per heavy atom. The molecule has 0 saturated carbocycles. The molecule has 0 atom stereocenters. The molecule has 3 nitrogen and oxygen atoms in total. The Labute approximate surface area is 103 Å². The highest BCUT2D eigenvalue weighted by Gasteiger charge is 1.99. The molecule has 0 aliphatic carbocycles. The number of aryl methyl sites for hydroxylation is 1. The lowest BCUT2D eigenvalue weighted by Crippen LogP contribution is -1.91. The van der Waals surface area contributed by atoms with E-state index in [1.807, 2.05) is 24.3 Å². The van der Waals surface area contributed by atoms with E-state index in [1.54, 1.807) is 12.4 Å². The summed E-state index contributed by atoms with van der Waals surface area (Å²) in [6, 6.07) is 8.27. The number of hydrogen-bond acceptors (Lipinski definition) is 3. The molecule has 0 fully saturated rings. The molecule has 0 amide bonds. The van der Waals surface area contributed by atoms with Crippen molar-refractivity contribution in [3.05, 3.63) is 46.7 Å². The van der Waals surface area contributed by atoms with Crippen LogP contribution in [0.4, 0.5) is 0 Å². The van der Waals surface area contributed by atoms with E-state index in [9.17, 15) is 0 Å². The molecule has 0 radical (unpaired) electrons. The first-order valence-corrected chi connectivity index (χ1v) is 5.81. The fourth-order valence-electron chi connectivity index (χ4n) is 1.25. The first kappa shape index (κ1) is 11.1. The third-order valence-electron chi connectivity index (χ3n) is 2.14. The molecule has 2 aromatic rings. The third-order valence-corrected chi connectivity index (χ3v) is 2.55. The van der Waals surface area contributed by atoms with Crippen molar-refractivity contribution >= 4 is 15.9 Å². The molecule has 0 unspecified atom stereocenters. The number of rotatable bonds is 3. The lowest BCUT2D eigenvalue weighted by Gasteiger charge is -2.03. The van der Waals surface area contributed by atoms with E-state index in [4.69, 9.17) is 4.74 Å². The van der Waals surface area contributed by atoms with E-state index in [2.05, 4.69) is 32.8 Å². The van der Waals surface area contributed by atoms with Gasteiger partial charge in [-0.2, -0.15) is 0 Å². The van der Waals surface area contributed by atoms with E-state index in [-0.39, 0.29) is 0 Å². The zero-order valence-corrected chi connectivity index (χ0v) is 10.4. The summed E-state index contributed by atoms with van der Waals surface area (Å²) in [5, 5.41) is 0. The van der Waals surface area contributed by atoms with Crippen molar-refractivity contribution in [1.82, 2.24) is 9.97 Å². The van der Waals surface area contributed by atoms with Gasteiger partial charge in [-0.15, -0.1) is 0 Å². The first-order valence-electron chi connectivity index (χ1n) is 5.02. The molecule has 0 bridgehead atoms. The molecule has 1 heterocycles. The largest absolute Gasteiger partial charge is 0.424 e. The Morgan fingerprint density at radius 1 is 1.12 bits per heavy atom. The second-order valence-electron chi connectivity index (χ2n) is 3.28. The van der Waals surface area contributed by atoms with Crippen LogP contribution in [0.2, 0.25) is 0 Å². The average molecular weight is 279 g/mol. The summed E-state index contributed by atoms with van der Waals surface area (Å²) in [5.74, 6) is 0.750. The van der Waals surface area contributed by atoms with Crippen LogP contribution < -0.4 is 4.74 Å². The van der Waals surface area contributed by atoms with E-state index < -0.39 is 0 Å². The van der Waals surface area contributed by atoms with Crippen molar-refractivity contribution in [3.8, 4) is 11.8 Å². The highest BCUT2D eigenvalue weighted by atomic mass is 79.9. The lowest BCUT2D eigenvalue weighted by atomic mass is 10.2. The van der Waals surface area contributed by atoms with Crippen LogP contribution in [0.25, 0.3) is 0 Å². The average Bonchev–Trinajstić information content (AvgIpc) is 2.33.